The first-order valence-electron chi connectivity index (χ1n) is 7.27. The van der Waals surface area contributed by atoms with Gasteiger partial charge in [0.05, 0.1) is 12.2 Å². The van der Waals surface area contributed by atoms with Gasteiger partial charge in [-0.1, -0.05) is 24.3 Å². The Hall–Kier alpha value is -1.65. The standard InChI is InChI=1S/C16H22N4/c1-19-11-15(10-18-19)16(9-17)20-8-4-7-13-5-2-3-6-14(13)12-20/h2-3,5-6,10-11,16H,4,7-9,12,17H2,1H3. The van der Waals surface area contributed by atoms with Crippen LogP contribution in [0.4, 0.5) is 0 Å². The second kappa shape index (κ2) is 5.77. The van der Waals surface area contributed by atoms with Gasteiger partial charge in [0.15, 0.2) is 0 Å². The number of hydrogen-bond acceptors (Lipinski definition) is 3. The van der Waals surface area contributed by atoms with E-state index in [4.69, 9.17) is 5.73 Å². The molecule has 20 heavy (non-hydrogen) atoms. The van der Waals surface area contributed by atoms with Crippen molar-refractivity contribution < 1.29 is 0 Å². The van der Waals surface area contributed by atoms with Crippen molar-refractivity contribution in [2.45, 2.75) is 25.4 Å². The molecule has 4 nitrogen and oxygen atoms in total. The lowest BCUT2D eigenvalue weighted by molar-refractivity contribution is 0.195. The first-order valence-corrected chi connectivity index (χ1v) is 7.27. The molecule has 0 aliphatic carbocycles. The van der Waals surface area contributed by atoms with E-state index in [1.165, 1.54) is 23.1 Å². The SMILES string of the molecule is Cn1cc(C(CN)N2CCCc3ccccc3C2)cn1. The Morgan fingerprint density at radius 2 is 2.10 bits per heavy atom. The van der Waals surface area contributed by atoms with Crippen LogP contribution >= 0.6 is 0 Å². The summed E-state index contributed by atoms with van der Waals surface area (Å²) in [5, 5.41) is 4.28. The summed E-state index contributed by atoms with van der Waals surface area (Å²) >= 11 is 0. The van der Waals surface area contributed by atoms with Crippen molar-refractivity contribution in [2.75, 3.05) is 13.1 Å². The fourth-order valence-electron chi connectivity index (χ4n) is 3.10. The molecule has 1 aromatic carbocycles. The molecule has 1 aromatic heterocycles. The Kier molecular flexibility index (Phi) is 3.85. The van der Waals surface area contributed by atoms with Gasteiger partial charge >= 0.3 is 0 Å². The smallest absolute Gasteiger partial charge is 0.0538 e. The van der Waals surface area contributed by atoms with E-state index < -0.39 is 0 Å². The number of benzene rings is 1. The van der Waals surface area contributed by atoms with Crippen LogP contribution in [0.2, 0.25) is 0 Å². The molecule has 106 valence electrons. The highest BCUT2D eigenvalue weighted by Gasteiger charge is 2.23. The van der Waals surface area contributed by atoms with E-state index in [0.717, 1.165) is 19.5 Å². The molecule has 0 saturated heterocycles. The Labute approximate surface area is 120 Å². The summed E-state index contributed by atoms with van der Waals surface area (Å²) in [4.78, 5) is 2.49. The predicted molar refractivity (Wildman–Crippen MR) is 80.2 cm³/mol. The fourth-order valence-corrected chi connectivity index (χ4v) is 3.10. The molecule has 0 radical (unpaired) electrons. The number of hydrogen-bond donors (Lipinski definition) is 1. The van der Waals surface area contributed by atoms with Gasteiger partial charge in [-0.2, -0.15) is 5.10 Å². The normalized spacial score (nSPS) is 17.5. The van der Waals surface area contributed by atoms with Crippen molar-refractivity contribution in [2.24, 2.45) is 12.8 Å². The highest BCUT2D eigenvalue weighted by molar-refractivity contribution is 5.28. The molecule has 1 aliphatic heterocycles. The highest BCUT2D eigenvalue weighted by Crippen LogP contribution is 2.26. The summed E-state index contributed by atoms with van der Waals surface area (Å²) in [6.45, 7) is 2.70. The molecule has 0 saturated carbocycles. The van der Waals surface area contributed by atoms with Crippen LogP contribution in [0, 0.1) is 0 Å². The van der Waals surface area contributed by atoms with Crippen molar-refractivity contribution >= 4 is 0 Å². The number of nitrogens with two attached hydrogens (primary N) is 1. The average Bonchev–Trinajstić information content (AvgIpc) is 2.76. The Balaban J connectivity index is 1.86. The molecule has 0 bridgehead atoms. The van der Waals surface area contributed by atoms with Crippen LogP contribution in [0.15, 0.2) is 36.7 Å². The number of aryl methyl sites for hydroxylation is 2. The van der Waals surface area contributed by atoms with E-state index in [1.54, 1.807) is 0 Å². The predicted octanol–water partition coefficient (Wildman–Crippen LogP) is 1.87. The van der Waals surface area contributed by atoms with Crippen LogP contribution in [0.3, 0.4) is 0 Å². The third-order valence-electron chi connectivity index (χ3n) is 4.16. The summed E-state index contributed by atoms with van der Waals surface area (Å²) < 4.78 is 1.85. The maximum atomic E-state index is 6.04. The van der Waals surface area contributed by atoms with Crippen LogP contribution < -0.4 is 5.73 Å². The van der Waals surface area contributed by atoms with E-state index in [2.05, 4.69) is 40.5 Å². The Morgan fingerprint density at radius 1 is 1.30 bits per heavy atom. The van der Waals surface area contributed by atoms with Gasteiger partial charge in [-0.05, 0) is 30.5 Å². The Morgan fingerprint density at radius 3 is 2.80 bits per heavy atom. The molecule has 2 N–H and O–H groups in total. The molecule has 0 fully saturated rings. The zero-order valence-corrected chi connectivity index (χ0v) is 12.0. The fraction of sp³-hybridized carbons (Fsp3) is 0.438. The number of nitrogens with zero attached hydrogens (tertiary/aromatic N) is 3. The molecule has 2 aromatic rings. The molecule has 1 atom stereocenters. The van der Waals surface area contributed by atoms with Crippen LogP contribution in [0.5, 0.6) is 0 Å². The van der Waals surface area contributed by atoms with Crippen molar-refractivity contribution in [1.82, 2.24) is 14.7 Å². The van der Waals surface area contributed by atoms with Gasteiger partial charge in [-0.25, -0.2) is 0 Å². The minimum atomic E-state index is 0.259. The summed E-state index contributed by atoms with van der Waals surface area (Å²) in [6.07, 6.45) is 6.37. The maximum absolute atomic E-state index is 6.04. The molecular weight excluding hydrogens is 248 g/mol. The van der Waals surface area contributed by atoms with Crippen LogP contribution in [0.1, 0.15) is 29.2 Å². The average molecular weight is 270 g/mol. The van der Waals surface area contributed by atoms with E-state index >= 15 is 0 Å². The zero-order valence-electron chi connectivity index (χ0n) is 12.0. The minimum Gasteiger partial charge on any atom is -0.329 e. The van der Waals surface area contributed by atoms with Gasteiger partial charge in [0.25, 0.3) is 0 Å². The number of aromatic nitrogens is 2. The second-order valence-corrected chi connectivity index (χ2v) is 5.54. The third kappa shape index (κ3) is 2.62. The van der Waals surface area contributed by atoms with Crippen molar-refractivity contribution in [3.05, 3.63) is 53.3 Å². The first kappa shape index (κ1) is 13.3. The van der Waals surface area contributed by atoms with E-state index in [9.17, 15) is 0 Å². The first-order chi connectivity index (χ1) is 9.78. The van der Waals surface area contributed by atoms with Crippen LogP contribution in [-0.2, 0) is 20.0 Å². The molecule has 0 amide bonds. The summed E-state index contributed by atoms with van der Waals surface area (Å²) in [7, 11) is 1.95. The minimum absolute atomic E-state index is 0.259. The maximum Gasteiger partial charge on any atom is 0.0538 e. The lowest BCUT2D eigenvalue weighted by Gasteiger charge is -2.29. The third-order valence-corrected chi connectivity index (χ3v) is 4.16. The Bertz CT molecular complexity index is 575. The van der Waals surface area contributed by atoms with Crippen LogP contribution in [0.25, 0.3) is 0 Å². The molecule has 2 heterocycles. The van der Waals surface area contributed by atoms with E-state index in [-0.39, 0.29) is 6.04 Å². The van der Waals surface area contributed by atoms with Crippen molar-refractivity contribution in [1.29, 1.82) is 0 Å². The van der Waals surface area contributed by atoms with Crippen molar-refractivity contribution in [3.8, 4) is 0 Å². The van der Waals surface area contributed by atoms with E-state index in [0.29, 0.717) is 6.54 Å². The van der Waals surface area contributed by atoms with Gasteiger partial charge < -0.3 is 5.73 Å². The van der Waals surface area contributed by atoms with E-state index in [1.807, 2.05) is 17.9 Å². The number of fused-ring (bicyclic) bond motifs is 1. The molecule has 4 heteroatoms. The summed E-state index contributed by atoms with van der Waals surface area (Å²) in [5.74, 6) is 0. The topological polar surface area (TPSA) is 47.1 Å². The van der Waals surface area contributed by atoms with Crippen molar-refractivity contribution in [3.63, 3.8) is 0 Å². The molecule has 3 rings (SSSR count). The van der Waals surface area contributed by atoms with Crippen LogP contribution in [-0.4, -0.2) is 27.8 Å². The largest absolute Gasteiger partial charge is 0.329 e. The van der Waals surface area contributed by atoms with Gasteiger partial charge in [-0.3, -0.25) is 9.58 Å². The van der Waals surface area contributed by atoms with Gasteiger partial charge in [0, 0.05) is 31.9 Å². The molecular formula is C16H22N4. The lowest BCUT2D eigenvalue weighted by Crippen LogP contribution is -2.33. The quantitative estimate of drug-likeness (QED) is 0.926. The lowest BCUT2D eigenvalue weighted by atomic mass is 10.0. The highest BCUT2D eigenvalue weighted by atomic mass is 15.3. The van der Waals surface area contributed by atoms with Gasteiger partial charge in [0.1, 0.15) is 0 Å². The number of rotatable bonds is 3. The molecule has 1 unspecified atom stereocenters. The molecule has 0 spiro atoms. The second-order valence-electron chi connectivity index (χ2n) is 5.54. The molecule has 1 aliphatic rings. The van der Waals surface area contributed by atoms with Gasteiger partial charge in [-0.15, -0.1) is 0 Å². The summed E-state index contributed by atoms with van der Waals surface area (Å²) in [5.41, 5.74) is 10.2. The zero-order chi connectivity index (χ0) is 13.9. The monoisotopic (exact) mass is 270 g/mol. The summed E-state index contributed by atoms with van der Waals surface area (Å²) in [6, 6.07) is 9.01. The van der Waals surface area contributed by atoms with Gasteiger partial charge in [0.2, 0.25) is 0 Å².